The van der Waals surface area contributed by atoms with Gasteiger partial charge in [0, 0.05) is 6.04 Å². The molecule has 1 heterocycles. The first kappa shape index (κ1) is 15.6. The van der Waals surface area contributed by atoms with E-state index >= 15 is 0 Å². The summed E-state index contributed by atoms with van der Waals surface area (Å²) in [5.41, 5.74) is 6.26. The summed E-state index contributed by atoms with van der Waals surface area (Å²) in [5.74, 6) is -0.476. The molecule has 0 spiro atoms. The summed E-state index contributed by atoms with van der Waals surface area (Å²) in [5, 5.41) is 3.89. The standard InChI is InChI=1S/C14H20N2O4S/c1-4-5-7-6-8(7)16-12-9(13(17)19-2)10(15)11(21-12)14(18)20-3/h7-8,16H,4-6,15H2,1-3H3. The van der Waals surface area contributed by atoms with E-state index in [2.05, 4.69) is 12.2 Å². The third-order valence-corrected chi connectivity index (χ3v) is 4.72. The first-order chi connectivity index (χ1) is 10.0. The maximum Gasteiger partial charge on any atom is 0.350 e. The van der Waals surface area contributed by atoms with Crippen LogP contribution in [0.2, 0.25) is 0 Å². The summed E-state index contributed by atoms with van der Waals surface area (Å²) in [6.07, 6.45) is 3.35. The van der Waals surface area contributed by atoms with Crippen molar-refractivity contribution >= 4 is 34.0 Å². The zero-order valence-electron chi connectivity index (χ0n) is 12.4. The van der Waals surface area contributed by atoms with E-state index in [0.29, 0.717) is 17.0 Å². The highest BCUT2D eigenvalue weighted by atomic mass is 32.1. The zero-order chi connectivity index (χ0) is 15.6. The van der Waals surface area contributed by atoms with Crippen LogP contribution in [-0.4, -0.2) is 32.2 Å². The molecule has 0 bridgehead atoms. The minimum atomic E-state index is -0.547. The van der Waals surface area contributed by atoms with Gasteiger partial charge >= 0.3 is 11.9 Å². The van der Waals surface area contributed by atoms with E-state index in [0.717, 1.165) is 30.6 Å². The van der Waals surface area contributed by atoms with Crippen LogP contribution >= 0.6 is 11.3 Å². The normalized spacial score (nSPS) is 20.0. The number of ether oxygens (including phenoxy) is 2. The second kappa shape index (κ2) is 6.34. The molecule has 21 heavy (non-hydrogen) atoms. The van der Waals surface area contributed by atoms with Gasteiger partial charge in [0.1, 0.15) is 15.4 Å². The molecule has 1 aliphatic carbocycles. The number of nitrogen functional groups attached to an aromatic ring is 1. The summed E-state index contributed by atoms with van der Waals surface area (Å²) in [6, 6.07) is 0.330. The first-order valence-corrected chi connectivity index (χ1v) is 7.70. The number of esters is 2. The Hall–Kier alpha value is -1.76. The highest BCUT2D eigenvalue weighted by Gasteiger charge is 2.38. The van der Waals surface area contributed by atoms with E-state index in [9.17, 15) is 9.59 Å². The van der Waals surface area contributed by atoms with Crippen LogP contribution in [0, 0.1) is 5.92 Å². The minimum absolute atomic E-state index is 0.119. The molecule has 0 amide bonds. The minimum Gasteiger partial charge on any atom is -0.465 e. The molecular formula is C14H20N2O4S. The average molecular weight is 312 g/mol. The van der Waals surface area contributed by atoms with Gasteiger partial charge in [-0.2, -0.15) is 0 Å². The van der Waals surface area contributed by atoms with Gasteiger partial charge in [0.15, 0.2) is 0 Å². The van der Waals surface area contributed by atoms with E-state index in [1.165, 1.54) is 14.2 Å². The van der Waals surface area contributed by atoms with Crippen molar-refractivity contribution in [1.29, 1.82) is 0 Å². The van der Waals surface area contributed by atoms with Crippen LogP contribution in [0.15, 0.2) is 0 Å². The van der Waals surface area contributed by atoms with Gasteiger partial charge in [0.2, 0.25) is 0 Å². The molecule has 2 unspecified atom stereocenters. The topological polar surface area (TPSA) is 90.6 Å². The molecule has 116 valence electrons. The Kier molecular flexibility index (Phi) is 4.72. The van der Waals surface area contributed by atoms with Crippen LogP contribution in [0.1, 0.15) is 46.2 Å². The van der Waals surface area contributed by atoms with Crippen molar-refractivity contribution in [3.05, 3.63) is 10.4 Å². The second-order valence-electron chi connectivity index (χ2n) is 5.07. The summed E-state index contributed by atoms with van der Waals surface area (Å²) in [7, 11) is 2.57. The summed E-state index contributed by atoms with van der Waals surface area (Å²) >= 11 is 1.14. The lowest BCUT2D eigenvalue weighted by Crippen LogP contribution is -2.11. The molecule has 2 atom stereocenters. The Morgan fingerprint density at radius 1 is 1.33 bits per heavy atom. The van der Waals surface area contributed by atoms with Crippen molar-refractivity contribution in [1.82, 2.24) is 0 Å². The van der Waals surface area contributed by atoms with Crippen LogP contribution in [0.5, 0.6) is 0 Å². The number of anilines is 2. The highest BCUT2D eigenvalue weighted by Crippen LogP contribution is 2.42. The smallest absolute Gasteiger partial charge is 0.350 e. The second-order valence-corrected chi connectivity index (χ2v) is 6.09. The fourth-order valence-corrected chi connectivity index (χ4v) is 3.47. The van der Waals surface area contributed by atoms with Crippen molar-refractivity contribution in [3.8, 4) is 0 Å². The quantitative estimate of drug-likeness (QED) is 0.784. The monoisotopic (exact) mass is 312 g/mol. The van der Waals surface area contributed by atoms with Crippen LogP contribution in [0.4, 0.5) is 10.7 Å². The molecular weight excluding hydrogens is 292 g/mol. The average Bonchev–Trinajstić information content (AvgIpc) is 3.12. The Labute approximate surface area is 127 Å². The Morgan fingerprint density at radius 3 is 2.57 bits per heavy atom. The third kappa shape index (κ3) is 3.12. The molecule has 0 aliphatic heterocycles. The van der Waals surface area contributed by atoms with Crippen molar-refractivity contribution < 1.29 is 19.1 Å². The van der Waals surface area contributed by atoms with Crippen molar-refractivity contribution in [2.75, 3.05) is 25.3 Å². The molecule has 7 heteroatoms. The van der Waals surface area contributed by atoms with Gasteiger partial charge in [-0.15, -0.1) is 11.3 Å². The van der Waals surface area contributed by atoms with E-state index in [1.54, 1.807) is 0 Å². The Morgan fingerprint density at radius 2 is 2.00 bits per heavy atom. The number of thiophene rings is 1. The number of rotatable bonds is 6. The predicted octanol–water partition coefficient (Wildman–Crippen LogP) is 2.50. The maximum atomic E-state index is 11.9. The van der Waals surface area contributed by atoms with Crippen molar-refractivity contribution in [3.63, 3.8) is 0 Å². The fourth-order valence-electron chi connectivity index (χ4n) is 2.38. The van der Waals surface area contributed by atoms with Gasteiger partial charge in [-0.3, -0.25) is 0 Å². The fraction of sp³-hybridized carbons (Fsp3) is 0.571. The molecule has 1 aliphatic rings. The molecule has 0 aromatic carbocycles. The lowest BCUT2D eigenvalue weighted by Gasteiger charge is -2.06. The molecule has 3 N–H and O–H groups in total. The number of nitrogens with one attached hydrogen (secondary N) is 1. The largest absolute Gasteiger partial charge is 0.465 e. The molecule has 6 nitrogen and oxygen atoms in total. The van der Waals surface area contributed by atoms with E-state index in [4.69, 9.17) is 15.2 Å². The number of nitrogens with two attached hydrogens (primary N) is 1. The van der Waals surface area contributed by atoms with Crippen LogP contribution in [0.25, 0.3) is 0 Å². The number of hydrogen-bond donors (Lipinski definition) is 2. The first-order valence-electron chi connectivity index (χ1n) is 6.88. The molecule has 0 radical (unpaired) electrons. The number of carbonyl (C=O) groups excluding carboxylic acids is 2. The molecule has 1 aromatic heterocycles. The third-order valence-electron chi connectivity index (χ3n) is 3.60. The summed E-state index contributed by atoms with van der Waals surface area (Å²) in [6.45, 7) is 2.15. The van der Waals surface area contributed by atoms with Gasteiger partial charge < -0.3 is 20.5 Å². The predicted molar refractivity (Wildman–Crippen MR) is 81.8 cm³/mol. The van der Waals surface area contributed by atoms with E-state index in [1.807, 2.05) is 0 Å². The Bertz CT molecular complexity index is 555. The number of methoxy groups -OCH3 is 2. The van der Waals surface area contributed by atoms with E-state index < -0.39 is 11.9 Å². The van der Waals surface area contributed by atoms with Gasteiger partial charge in [-0.05, 0) is 18.8 Å². The lowest BCUT2D eigenvalue weighted by molar-refractivity contribution is 0.0602. The summed E-state index contributed by atoms with van der Waals surface area (Å²) in [4.78, 5) is 23.8. The van der Waals surface area contributed by atoms with Gasteiger partial charge in [-0.25, -0.2) is 9.59 Å². The van der Waals surface area contributed by atoms with Gasteiger partial charge in [-0.1, -0.05) is 13.3 Å². The van der Waals surface area contributed by atoms with Crippen LogP contribution in [-0.2, 0) is 9.47 Å². The highest BCUT2D eigenvalue weighted by molar-refractivity contribution is 7.19. The SMILES string of the molecule is CCCC1CC1Nc1sc(C(=O)OC)c(N)c1C(=O)OC. The zero-order valence-corrected chi connectivity index (χ0v) is 13.2. The van der Waals surface area contributed by atoms with Crippen molar-refractivity contribution in [2.24, 2.45) is 5.92 Å². The number of carbonyl (C=O) groups is 2. The summed E-state index contributed by atoms with van der Waals surface area (Å²) < 4.78 is 9.45. The van der Waals surface area contributed by atoms with Crippen LogP contribution < -0.4 is 11.1 Å². The lowest BCUT2D eigenvalue weighted by atomic mass is 10.2. The van der Waals surface area contributed by atoms with Gasteiger partial charge in [0.25, 0.3) is 0 Å². The molecule has 1 aromatic rings. The maximum absolute atomic E-state index is 11.9. The van der Waals surface area contributed by atoms with Gasteiger partial charge in [0.05, 0.1) is 19.9 Å². The molecule has 1 saturated carbocycles. The molecule has 0 saturated heterocycles. The number of hydrogen-bond acceptors (Lipinski definition) is 7. The van der Waals surface area contributed by atoms with E-state index in [-0.39, 0.29) is 16.1 Å². The molecule has 2 rings (SSSR count). The van der Waals surface area contributed by atoms with Crippen molar-refractivity contribution in [2.45, 2.75) is 32.2 Å². The Balaban J connectivity index is 2.26. The van der Waals surface area contributed by atoms with Crippen LogP contribution in [0.3, 0.4) is 0 Å². The molecule has 1 fully saturated rings.